The van der Waals surface area contributed by atoms with Gasteiger partial charge >= 0.3 is 0 Å². The minimum absolute atomic E-state index is 0.0992. The number of morpholine rings is 1. The zero-order valence-electron chi connectivity index (χ0n) is 12.5. The first-order chi connectivity index (χ1) is 11.2. The van der Waals surface area contributed by atoms with Crippen LogP contribution in [0.4, 0.5) is 5.69 Å². The van der Waals surface area contributed by atoms with Crippen LogP contribution in [-0.2, 0) is 4.74 Å². The standard InChI is InChI=1S/C18H17ClN2O2/c19-13-5-7-14(8-6-13)21-18(22)12-3-1-11(2-4-12)17-16-9-15(23-17)10-20-16/h1-8,15-17,20H,9-10H2,(H,21,22)/t15-,16-,17+/m0/s1. The first kappa shape index (κ1) is 14.7. The summed E-state index contributed by atoms with van der Waals surface area (Å²) in [6, 6.07) is 15.1. The first-order valence-electron chi connectivity index (χ1n) is 7.75. The quantitative estimate of drug-likeness (QED) is 0.908. The molecule has 0 saturated carbocycles. The van der Waals surface area contributed by atoms with E-state index in [4.69, 9.17) is 16.3 Å². The number of benzene rings is 2. The second-order valence-corrected chi connectivity index (χ2v) is 6.45. The van der Waals surface area contributed by atoms with Crippen LogP contribution in [0, 0.1) is 0 Å². The van der Waals surface area contributed by atoms with Crippen molar-refractivity contribution in [2.45, 2.75) is 24.7 Å². The zero-order valence-corrected chi connectivity index (χ0v) is 13.2. The molecule has 0 unspecified atom stereocenters. The Kier molecular flexibility index (Phi) is 3.81. The van der Waals surface area contributed by atoms with Gasteiger partial charge in [0.2, 0.25) is 0 Å². The van der Waals surface area contributed by atoms with Gasteiger partial charge in [-0.3, -0.25) is 4.79 Å². The fraction of sp³-hybridized carbons (Fsp3) is 0.278. The largest absolute Gasteiger partial charge is 0.367 e. The van der Waals surface area contributed by atoms with Crippen molar-refractivity contribution in [1.82, 2.24) is 5.32 Å². The van der Waals surface area contributed by atoms with Gasteiger partial charge in [-0.15, -0.1) is 0 Å². The summed E-state index contributed by atoms with van der Waals surface area (Å²) in [6.45, 7) is 0.947. The van der Waals surface area contributed by atoms with Gasteiger partial charge in [-0.2, -0.15) is 0 Å². The molecule has 4 rings (SSSR count). The first-order valence-corrected chi connectivity index (χ1v) is 8.12. The van der Waals surface area contributed by atoms with Gasteiger partial charge in [0.1, 0.15) is 0 Å². The average Bonchev–Trinajstić information content (AvgIpc) is 3.20. The van der Waals surface area contributed by atoms with E-state index in [1.807, 2.05) is 24.3 Å². The maximum atomic E-state index is 12.3. The molecule has 23 heavy (non-hydrogen) atoms. The van der Waals surface area contributed by atoms with Gasteiger partial charge in [0.25, 0.3) is 5.91 Å². The normalized spacial score (nSPS) is 25.5. The highest BCUT2D eigenvalue weighted by molar-refractivity contribution is 6.30. The highest BCUT2D eigenvalue weighted by Crippen LogP contribution is 2.36. The molecule has 0 aromatic heterocycles. The van der Waals surface area contributed by atoms with Crippen LogP contribution in [0.2, 0.25) is 5.02 Å². The van der Waals surface area contributed by atoms with E-state index in [1.54, 1.807) is 24.3 Å². The highest BCUT2D eigenvalue weighted by atomic mass is 35.5. The van der Waals surface area contributed by atoms with Crippen molar-refractivity contribution in [2.24, 2.45) is 0 Å². The number of carbonyl (C=O) groups excluding carboxylic acids is 1. The molecule has 3 atom stereocenters. The molecular weight excluding hydrogens is 312 g/mol. The Balaban J connectivity index is 1.45. The molecule has 0 spiro atoms. The Morgan fingerprint density at radius 3 is 2.48 bits per heavy atom. The average molecular weight is 329 g/mol. The number of hydrogen-bond acceptors (Lipinski definition) is 3. The van der Waals surface area contributed by atoms with Gasteiger partial charge in [-0.05, 0) is 48.4 Å². The maximum Gasteiger partial charge on any atom is 0.255 e. The van der Waals surface area contributed by atoms with E-state index in [1.165, 1.54) is 0 Å². The van der Waals surface area contributed by atoms with Crippen LogP contribution >= 0.6 is 11.6 Å². The zero-order chi connectivity index (χ0) is 15.8. The van der Waals surface area contributed by atoms with E-state index in [2.05, 4.69) is 10.6 Å². The minimum Gasteiger partial charge on any atom is -0.367 e. The number of fused-ring (bicyclic) bond motifs is 2. The molecule has 2 aliphatic heterocycles. The van der Waals surface area contributed by atoms with Crippen LogP contribution in [0.15, 0.2) is 48.5 Å². The molecule has 2 saturated heterocycles. The van der Waals surface area contributed by atoms with Gasteiger partial charge in [-0.1, -0.05) is 23.7 Å². The summed E-state index contributed by atoms with van der Waals surface area (Å²) in [4.78, 5) is 12.3. The van der Waals surface area contributed by atoms with E-state index >= 15 is 0 Å². The van der Waals surface area contributed by atoms with Gasteiger partial charge in [0.15, 0.2) is 0 Å². The number of anilines is 1. The Labute approximate surface area is 139 Å². The van der Waals surface area contributed by atoms with E-state index < -0.39 is 0 Å². The van der Waals surface area contributed by atoms with Gasteiger partial charge in [-0.25, -0.2) is 0 Å². The van der Waals surface area contributed by atoms with Crippen LogP contribution in [-0.4, -0.2) is 24.6 Å². The van der Waals surface area contributed by atoms with Crippen molar-refractivity contribution in [3.63, 3.8) is 0 Å². The third kappa shape index (κ3) is 2.98. The lowest BCUT2D eigenvalue weighted by Crippen LogP contribution is -2.34. The molecule has 2 aliphatic rings. The number of amides is 1. The lowest BCUT2D eigenvalue weighted by atomic mass is 10.0. The van der Waals surface area contributed by atoms with Crippen LogP contribution < -0.4 is 10.6 Å². The third-order valence-corrected chi connectivity index (χ3v) is 4.68. The van der Waals surface area contributed by atoms with Crippen molar-refractivity contribution >= 4 is 23.2 Å². The number of hydrogen-bond donors (Lipinski definition) is 2. The number of halogens is 1. The molecule has 2 bridgehead atoms. The van der Waals surface area contributed by atoms with E-state index in [9.17, 15) is 4.79 Å². The molecule has 2 N–H and O–H groups in total. The SMILES string of the molecule is O=C(Nc1ccc(Cl)cc1)c1ccc([C@H]2O[C@@H]3CN[C@H]2C3)cc1. The van der Waals surface area contributed by atoms with Gasteiger partial charge in [0, 0.05) is 28.9 Å². The van der Waals surface area contributed by atoms with Gasteiger partial charge < -0.3 is 15.4 Å². The molecule has 1 amide bonds. The molecule has 0 aliphatic carbocycles. The molecular formula is C18H17ClN2O2. The summed E-state index contributed by atoms with van der Waals surface area (Å²) < 4.78 is 5.98. The van der Waals surface area contributed by atoms with Crippen LogP contribution in [0.25, 0.3) is 0 Å². The second-order valence-electron chi connectivity index (χ2n) is 6.01. The Morgan fingerprint density at radius 1 is 1.13 bits per heavy atom. The smallest absolute Gasteiger partial charge is 0.255 e. The van der Waals surface area contributed by atoms with Crippen LogP contribution in [0.1, 0.15) is 28.4 Å². The number of ether oxygens (including phenoxy) is 1. The minimum atomic E-state index is -0.133. The van der Waals surface area contributed by atoms with Crippen molar-refractivity contribution in [3.8, 4) is 0 Å². The van der Waals surface area contributed by atoms with Crippen molar-refractivity contribution in [3.05, 3.63) is 64.7 Å². The Bertz CT molecular complexity index is 715. The summed E-state index contributed by atoms with van der Waals surface area (Å²) in [6.07, 6.45) is 1.50. The molecule has 2 fully saturated rings. The fourth-order valence-corrected chi connectivity index (χ4v) is 3.37. The third-order valence-electron chi connectivity index (χ3n) is 4.43. The van der Waals surface area contributed by atoms with E-state index in [-0.39, 0.29) is 12.0 Å². The molecule has 2 aromatic rings. The summed E-state index contributed by atoms with van der Waals surface area (Å²) in [5, 5.41) is 6.97. The monoisotopic (exact) mass is 328 g/mol. The second kappa shape index (κ2) is 5.96. The molecule has 2 heterocycles. The Hall–Kier alpha value is -1.88. The molecule has 5 heteroatoms. The predicted molar refractivity (Wildman–Crippen MR) is 89.9 cm³/mol. The van der Waals surface area contributed by atoms with E-state index in [0.29, 0.717) is 22.7 Å². The number of carbonyl (C=O) groups is 1. The van der Waals surface area contributed by atoms with Crippen LogP contribution in [0.5, 0.6) is 0 Å². The predicted octanol–water partition coefficient (Wildman–Crippen LogP) is 3.39. The fourth-order valence-electron chi connectivity index (χ4n) is 3.24. The van der Waals surface area contributed by atoms with E-state index in [0.717, 1.165) is 24.2 Å². The number of rotatable bonds is 3. The van der Waals surface area contributed by atoms with Crippen molar-refractivity contribution in [2.75, 3.05) is 11.9 Å². The molecule has 118 valence electrons. The van der Waals surface area contributed by atoms with Crippen molar-refractivity contribution in [1.29, 1.82) is 0 Å². The summed E-state index contributed by atoms with van der Waals surface area (Å²) >= 11 is 5.84. The Morgan fingerprint density at radius 2 is 1.87 bits per heavy atom. The topological polar surface area (TPSA) is 50.4 Å². The summed E-state index contributed by atoms with van der Waals surface area (Å²) in [5.41, 5.74) is 2.47. The molecule has 2 aromatic carbocycles. The summed E-state index contributed by atoms with van der Waals surface area (Å²) in [5.74, 6) is -0.133. The molecule has 0 radical (unpaired) electrons. The lowest BCUT2D eigenvalue weighted by Gasteiger charge is -2.23. The van der Waals surface area contributed by atoms with Crippen LogP contribution in [0.3, 0.4) is 0 Å². The molecule has 4 nitrogen and oxygen atoms in total. The lowest BCUT2D eigenvalue weighted by molar-refractivity contribution is 0.0160. The highest BCUT2D eigenvalue weighted by Gasteiger charge is 2.41. The summed E-state index contributed by atoms with van der Waals surface area (Å²) in [7, 11) is 0. The van der Waals surface area contributed by atoms with Crippen molar-refractivity contribution < 1.29 is 9.53 Å². The van der Waals surface area contributed by atoms with Gasteiger partial charge in [0.05, 0.1) is 12.2 Å². The maximum absolute atomic E-state index is 12.3. The number of nitrogens with one attached hydrogen (secondary N) is 2.